The standard InChI is InChI=1S/C26H35N5O5S/c1-4-23-17-31(37(34,35)24-7-6-12-27-26(24)36-23)15-21-13-19(9-8-18(21)3)20(14-25(32)33)10-11-22-16-30(5-2)29-28-22/h6-9,12-13,16,20,23,34-35H,4-5,10-11,14-15,17H2,1-3H3,(H,32,33)/t20?,23-/m1/s1. The van der Waals surface area contributed by atoms with Crippen LogP contribution in [0.5, 0.6) is 5.88 Å². The van der Waals surface area contributed by atoms with E-state index < -0.39 is 16.7 Å². The molecule has 3 N–H and O–H groups in total. The van der Waals surface area contributed by atoms with E-state index in [0.29, 0.717) is 25.8 Å². The van der Waals surface area contributed by atoms with Crippen LogP contribution in [0, 0.1) is 6.92 Å². The van der Waals surface area contributed by atoms with Crippen molar-refractivity contribution in [3.05, 3.63) is 65.1 Å². The molecule has 4 rings (SSSR count). The van der Waals surface area contributed by atoms with Gasteiger partial charge in [-0.15, -0.1) is 15.9 Å². The van der Waals surface area contributed by atoms with Crippen LogP contribution < -0.4 is 4.74 Å². The Kier molecular flexibility index (Phi) is 8.48. The van der Waals surface area contributed by atoms with Gasteiger partial charge in [0.25, 0.3) is 0 Å². The minimum Gasteiger partial charge on any atom is -0.481 e. The Morgan fingerprint density at radius 2 is 2.08 bits per heavy atom. The van der Waals surface area contributed by atoms with Crippen molar-refractivity contribution >= 4 is 16.7 Å². The zero-order chi connectivity index (χ0) is 26.6. The van der Waals surface area contributed by atoms with Gasteiger partial charge in [0.15, 0.2) is 0 Å². The summed E-state index contributed by atoms with van der Waals surface area (Å²) in [6.45, 7) is 7.28. The molecule has 1 aliphatic rings. The Balaban J connectivity index is 1.60. The van der Waals surface area contributed by atoms with Crippen molar-refractivity contribution in [3.63, 3.8) is 0 Å². The van der Waals surface area contributed by atoms with E-state index in [2.05, 4.69) is 15.3 Å². The van der Waals surface area contributed by atoms with Crippen molar-refractivity contribution in [2.75, 3.05) is 6.54 Å². The third-order valence-electron chi connectivity index (χ3n) is 6.80. The van der Waals surface area contributed by atoms with E-state index in [1.165, 1.54) is 0 Å². The molecule has 3 aromatic rings. The van der Waals surface area contributed by atoms with E-state index in [1.807, 2.05) is 45.2 Å². The Bertz CT molecular complexity index is 1230. The van der Waals surface area contributed by atoms with Gasteiger partial charge in [0.1, 0.15) is 11.0 Å². The van der Waals surface area contributed by atoms with Crippen molar-refractivity contribution in [1.82, 2.24) is 24.3 Å². The molecule has 10 nitrogen and oxygen atoms in total. The fourth-order valence-corrected chi connectivity index (χ4v) is 6.11. The van der Waals surface area contributed by atoms with E-state index in [0.717, 1.165) is 28.9 Å². The number of carboxylic acids is 1. The van der Waals surface area contributed by atoms with E-state index >= 15 is 0 Å². The maximum Gasteiger partial charge on any atom is 0.303 e. The number of ether oxygens (including phenoxy) is 1. The lowest BCUT2D eigenvalue weighted by molar-refractivity contribution is -0.137. The fraction of sp³-hybridized carbons (Fsp3) is 0.462. The lowest BCUT2D eigenvalue weighted by Gasteiger charge is -2.41. The average Bonchev–Trinajstić information content (AvgIpc) is 3.31. The van der Waals surface area contributed by atoms with E-state index in [4.69, 9.17) is 4.74 Å². The van der Waals surface area contributed by atoms with Gasteiger partial charge < -0.3 is 9.84 Å². The normalized spacial score (nSPS) is 18.9. The number of carbonyl (C=O) groups is 1. The van der Waals surface area contributed by atoms with Gasteiger partial charge >= 0.3 is 5.97 Å². The van der Waals surface area contributed by atoms with Gasteiger partial charge in [-0.3, -0.25) is 18.6 Å². The summed E-state index contributed by atoms with van der Waals surface area (Å²) >= 11 is 0. The number of nitrogens with zero attached hydrogens (tertiary/aromatic N) is 5. The van der Waals surface area contributed by atoms with Crippen LogP contribution in [-0.4, -0.2) is 57.1 Å². The number of benzene rings is 1. The van der Waals surface area contributed by atoms with Gasteiger partial charge in [0.05, 0.1) is 18.7 Å². The van der Waals surface area contributed by atoms with Crippen LogP contribution in [0.4, 0.5) is 0 Å². The fourth-order valence-electron chi connectivity index (χ4n) is 4.54. The summed E-state index contributed by atoms with van der Waals surface area (Å²) in [5.74, 6) is -0.827. The molecule has 0 radical (unpaired) electrons. The molecule has 0 fully saturated rings. The number of aromatic nitrogens is 4. The van der Waals surface area contributed by atoms with Crippen LogP contribution in [0.1, 0.15) is 61.4 Å². The molecule has 11 heteroatoms. The third kappa shape index (κ3) is 6.30. The van der Waals surface area contributed by atoms with Gasteiger partial charge in [-0.1, -0.05) is 30.3 Å². The molecule has 2 atom stereocenters. The number of fused-ring (bicyclic) bond motifs is 1. The molecular formula is C26H35N5O5S. The van der Waals surface area contributed by atoms with Crippen LogP contribution in [0.25, 0.3) is 0 Å². The van der Waals surface area contributed by atoms with Crippen LogP contribution in [0.2, 0.25) is 0 Å². The second kappa shape index (κ2) is 11.6. The first kappa shape index (κ1) is 27.1. The van der Waals surface area contributed by atoms with Crippen LogP contribution >= 0.6 is 10.8 Å². The molecule has 200 valence electrons. The predicted molar refractivity (Wildman–Crippen MR) is 141 cm³/mol. The molecule has 1 aliphatic heterocycles. The van der Waals surface area contributed by atoms with Crippen molar-refractivity contribution < 1.29 is 23.7 Å². The van der Waals surface area contributed by atoms with Gasteiger partial charge in [-0.25, -0.2) is 4.98 Å². The molecule has 1 unspecified atom stereocenters. The van der Waals surface area contributed by atoms with E-state index in [-0.39, 0.29) is 35.8 Å². The predicted octanol–water partition coefficient (Wildman–Crippen LogP) is 4.89. The quantitative estimate of drug-likeness (QED) is 0.335. The molecule has 3 heterocycles. The number of aliphatic carboxylic acids is 1. The first-order chi connectivity index (χ1) is 17.7. The number of pyridine rings is 1. The van der Waals surface area contributed by atoms with Crippen LogP contribution in [0.3, 0.4) is 0 Å². The molecule has 0 bridgehead atoms. The lowest BCUT2D eigenvalue weighted by Crippen LogP contribution is -2.34. The lowest BCUT2D eigenvalue weighted by atomic mass is 9.88. The van der Waals surface area contributed by atoms with Gasteiger partial charge in [0, 0.05) is 25.5 Å². The summed E-state index contributed by atoms with van der Waals surface area (Å²) in [5.41, 5.74) is 3.64. The molecule has 37 heavy (non-hydrogen) atoms. The van der Waals surface area contributed by atoms with E-state index in [9.17, 15) is 19.0 Å². The summed E-state index contributed by atoms with van der Waals surface area (Å²) < 4.78 is 32.0. The second-order valence-electron chi connectivity index (χ2n) is 9.38. The zero-order valence-electron chi connectivity index (χ0n) is 21.4. The Labute approximate surface area is 218 Å². The molecule has 0 saturated heterocycles. The highest BCUT2D eigenvalue weighted by Gasteiger charge is 2.35. The van der Waals surface area contributed by atoms with Crippen molar-refractivity contribution in [2.24, 2.45) is 0 Å². The molecule has 2 aromatic heterocycles. The summed E-state index contributed by atoms with van der Waals surface area (Å²) in [5, 5.41) is 17.9. The maximum absolute atomic E-state index is 11.7. The highest BCUT2D eigenvalue weighted by molar-refractivity contribution is 8.22. The molecule has 0 spiro atoms. The number of aryl methyl sites for hydroxylation is 3. The van der Waals surface area contributed by atoms with Gasteiger partial charge in [-0.05, 0) is 67.9 Å². The molecule has 1 aromatic carbocycles. The maximum atomic E-state index is 11.7. The third-order valence-corrected chi connectivity index (χ3v) is 8.70. The SMILES string of the molecule is CC[C@@H]1CN(Cc2cc(C(CCc3cn(CC)nn3)CC(=O)O)ccc2C)S(O)(O)c2cccnc2O1. The second-order valence-corrected chi connectivity index (χ2v) is 11.4. The average molecular weight is 530 g/mol. The highest BCUT2D eigenvalue weighted by Crippen LogP contribution is 2.57. The van der Waals surface area contributed by atoms with Crippen molar-refractivity contribution in [3.8, 4) is 5.88 Å². The largest absolute Gasteiger partial charge is 0.481 e. The van der Waals surface area contributed by atoms with Crippen LogP contribution in [-0.2, 0) is 24.3 Å². The Morgan fingerprint density at radius 3 is 2.78 bits per heavy atom. The first-order valence-corrected chi connectivity index (χ1v) is 14.1. The number of rotatable bonds is 10. The summed E-state index contributed by atoms with van der Waals surface area (Å²) in [7, 11) is -3.34. The molecule has 0 saturated carbocycles. The monoisotopic (exact) mass is 529 g/mol. The summed E-state index contributed by atoms with van der Waals surface area (Å²) in [6.07, 6.45) is 5.13. The first-order valence-electron chi connectivity index (χ1n) is 12.6. The smallest absolute Gasteiger partial charge is 0.303 e. The topological polar surface area (TPSA) is 134 Å². The van der Waals surface area contributed by atoms with Crippen LogP contribution in [0.15, 0.2) is 47.6 Å². The minimum atomic E-state index is -3.34. The Morgan fingerprint density at radius 1 is 1.27 bits per heavy atom. The molecule has 0 amide bonds. The number of hydrogen-bond acceptors (Lipinski definition) is 8. The highest BCUT2D eigenvalue weighted by atomic mass is 32.3. The summed E-state index contributed by atoms with van der Waals surface area (Å²) in [4.78, 5) is 16.2. The molecule has 0 aliphatic carbocycles. The van der Waals surface area contributed by atoms with Gasteiger partial charge in [0.2, 0.25) is 5.88 Å². The molecular weight excluding hydrogens is 494 g/mol. The van der Waals surface area contributed by atoms with Gasteiger partial charge in [-0.2, -0.15) is 4.31 Å². The zero-order valence-corrected chi connectivity index (χ0v) is 22.3. The number of carboxylic acid groups (broad SMARTS) is 1. The van der Waals surface area contributed by atoms with Crippen molar-refractivity contribution in [1.29, 1.82) is 0 Å². The number of hydrogen-bond donors (Lipinski definition) is 3. The Hall–Kier alpha value is -2.99. The summed E-state index contributed by atoms with van der Waals surface area (Å²) in [6, 6.07) is 9.25. The minimum absolute atomic E-state index is 0.00584. The van der Waals surface area contributed by atoms with Crippen molar-refractivity contribution in [2.45, 2.75) is 76.5 Å². The van der Waals surface area contributed by atoms with E-state index in [1.54, 1.807) is 27.3 Å².